The Morgan fingerprint density at radius 3 is 2.42 bits per heavy atom. The molecule has 0 aliphatic carbocycles. The summed E-state index contributed by atoms with van der Waals surface area (Å²) in [6, 6.07) is 8.98. The Labute approximate surface area is 145 Å². The molecule has 1 unspecified atom stereocenters. The van der Waals surface area contributed by atoms with Gasteiger partial charge in [0.2, 0.25) is 0 Å². The molecule has 8 heteroatoms. The smallest absolute Gasteiger partial charge is 0.279 e. The molecule has 2 aromatic carbocycles. The summed E-state index contributed by atoms with van der Waals surface area (Å²) < 4.78 is 32.2. The van der Waals surface area contributed by atoms with Crippen LogP contribution in [0.1, 0.15) is 17.3 Å². The Bertz CT molecular complexity index is 753. The number of hydrazine groups is 1. The molecule has 24 heavy (non-hydrogen) atoms. The van der Waals surface area contributed by atoms with Crippen LogP contribution in [0, 0.1) is 11.6 Å². The monoisotopic (exact) mass is 398 g/mol. The molecule has 126 valence electrons. The van der Waals surface area contributed by atoms with Crippen LogP contribution >= 0.6 is 15.9 Å². The fourth-order valence-corrected chi connectivity index (χ4v) is 2.09. The molecule has 0 heterocycles. The van der Waals surface area contributed by atoms with E-state index in [0.29, 0.717) is 10.2 Å². The summed E-state index contributed by atoms with van der Waals surface area (Å²) in [4.78, 5) is 23.7. The van der Waals surface area contributed by atoms with Gasteiger partial charge in [-0.2, -0.15) is 0 Å². The van der Waals surface area contributed by atoms with Gasteiger partial charge in [-0.15, -0.1) is 0 Å². The normalized spacial score (nSPS) is 11.5. The molecular weight excluding hydrogens is 386 g/mol. The molecule has 0 fully saturated rings. The number of halogens is 3. The summed E-state index contributed by atoms with van der Waals surface area (Å²) in [7, 11) is 0. The lowest BCUT2D eigenvalue weighted by Gasteiger charge is -2.15. The highest BCUT2D eigenvalue weighted by Crippen LogP contribution is 2.15. The molecule has 2 amide bonds. The molecule has 2 N–H and O–H groups in total. The number of carbonyl (C=O) groups excluding carboxylic acids is 2. The molecule has 0 radical (unpaired) electrons. The summed E-state index contributed by atoms with van der Waals surface area (Å²) in [5.41, 5.74) is 4.02. The molecule has 1 atom stereocenters. The first-order chi connectivity index (χ1) is 11.4. The van der Waals surface area contributed by atoms with Crippen molar-refractivity contribution in [1.29, 1.82) is 0 Å². The Hall–Kier alpha value is -2.48. The lowest BCUT2D eigenvalue weighted by molar-refractivity contribution is -0.128. The highest BCUT2D eigenvalue weighted by molar-refractivity contribution is 9.10. The number of hydrogen-bond donors (Lipinski definition) is 2. The number of hydrogen-bond acceptors (Lipinski definition) is 3. The van der Waals surface area contributed by atoms with Crippen molar-refractivity contribution in [2.24, 2.45) is 0 Å². The van der Waals surface area contributed by atoms with Crippen LogP contribution in [-0.4, -0.2) is 17.9 Å². The van der Waals surface area contributed by atoms with Gasteiger partial charge in [0.25, 0.3) is 11.8 Å². The van der Waals surface area contributed by atoms with Crippen molar-refractivity contribution in [3.63, 3.8) is 0 Å². The molecule has 0 aromatic heterocycles. The number of nitrogens with one attached hydrogen (secondary N) is 2. The third kappa shape index (κ3) is 4.76. The predicted octanol–water partition coefficient (Wildman–Crippen LogP) is 2.96. The van der Waals surface area contributed by atoms with Gasteiger partial charge in [0.15, 0.2) is 6.10 Å². The van der Waals surface area contributed by atoms with Crippen molar-refractivity contribution in [2.45, 2.75) is 13.0 Å². The van der Waals surface area contributed by atoms with Crippen LogP contribution in [0.5, 0.6) is 5.75 Å². The second kappa shape index (κ2) is 7.87. The van der Waals surface area contributed by atoms with E-state index in [1.807, 2.05) is 0 Å². The molecule has 0 saturated heterocycles. The zero-order valence-corrected chi connectivity index (χ0v) is 14.1. The van der Waals surface area contributed by atoms with Gasteiger partial charge in [0, 0.05) is 4.47 Å². The Balaban J connectivity index is 1.91. The lowest BCUT2D eigenvalue weighted by atomic mass is 10.2. The summed E-state index contributed by atoms with van der Waals surface area (Å²) in [6.45, 7) is 1.45. The largest absolute Gasteiger partial charge is 0.481 e. The average Bonchev–Trinajstić information content (AvgIpc) is 2.56. The van der Waals surface area contributed by atoms with E-state index in [-0.39, 0.29) is 5.56 Å². The van der Waals surface area contributed by atoms with Crippen LogP contribution in [0.2, 0.25) is 0 Å². The van der Waals surface area contributed by atoms with E-state index in [4.69, 9.17) is 4.74 Å². The fraction of sp³-hybridized carbons (Fsp3) is 0.125. The van der Waals surface area contributed by atoms with E-state index in [1.165, 1.54) is 43.3 Å². The minimum atomic E-state index is -0.955. The van der Waals surface area contributed by atoms with Crippen LogP contribution in [0.25, 0.3) is 0 Å². The summed E-state index contributed by atoms with van der Waals surface area (Å²) in [6.07, 6.45) is -0.955. The van der Waals surface area contributed by atoms with E-state index >= 15 is 0 Å². The quantitative estimate of drug-likeness (QED) is 0.778. The third-order valence-electron chi connectivity index (χ3n) is 2.97. The zero-order chi connectivity index (χ0) is 17.7. The second-order valence-corrected chi connectivity index (χ2v) is 5.70. The number of ether oxygens (including phenoxy) is 1. The standard InChI is InChI=1S/C16H13BrF2N2O3/c1-9(24-12-5-3-11(18)4-6-12)15(22)20-21-16(23)13-8-10(17)2-7-14(13)19/h2-9H,1H3,(H,20,22)(H,21,23). The van der Waals surface area contributed by atoms with Crippen molar-refractivity contribution in [3.05, 3.63) is 64.1 Å². The predicted molar refractivity (Wildman–Crippen MR) is 86.2 cm³/mol. The maximum Gasteiger partial charge on any atom is 0.279 e. The molecule has 0 aliphatic heterocycles. The molecule has 0 aliphatic rings. The highest BCUT2D eigenvalue weighted by Gasteiger charge is 2.17. The maximum absolute atomic E-state index is 13.6. The highest BCUT2D eigenvalue weighted by atomic mass is 79.9. The lowest BCUT2D eigenvalue weighted by Crippen LogP contribution is -2.47. The Kier molecular flexibility index (Phi) is 5.86. The SMILES string of the molecule is CC(Oc1ccc(F)cc1)C(=O)NNC(=O)c1cc(Br)ccc1F. The molecule has 2 rings (SSSR count). The van der Waals surface area contributed by atoms with Crippen molar-refractivity contribution in [3.8, 4) is 5.75 Å². The van der Waals surface area contributed by atoms with Crippen LogP contribution in [-0.2, 0) is 4.79 Å². The van der Waals surface area contributed by atoms with Gasteiger partial charge in [-0.05, 0) is 49.4 Å². The molecule has 0 saturated carbocycles. The minimum Gasteiger partial charge on any atom is -0.481 e. The summed E-state index contributed by atoms with van der Waals surface area (Å²) in [5.74, 6) is -2.31. The second-order valence-electron chi connectivity index (χ2n) is 4.78. The summed E-state index contributed by atoms with van der Waals surface area (Å²) in [5, 5.41) is 0. The van der Waals surface area contributed by atoms with Crippen LogP contribution in [0.15, 0.2) is 46.9 Å². The Morgan fingerprint density at radius 1 is 1.08 bits per heavy atom. The van der Waals surface area contributed by atoms with Gasteiger partial charge in [-0.3, -0.25) is 20.4 Å². The number of benzene rings is 2. The van der Waals surface area contributed by atoms with Crippen molar-refractivity contribution in [2.75, 3.05) is 0 Å². The topological polar surface area (TPSA) is 67.4 Å². The van der Waals surface area contributed by atoms with Gasteiger partial charge in [-0.1, -0.05) is 15.9 Å². The van der Waals surface area contributed by atoms with E-state index in [1.54, 1.807) is 0 Å². The summed E-state index contributed by atoms with van der Waals surface area (Å²) >= 11 is 3.13. The Morgan fingerprint density at radius 2 is 1.75 bits per heavy atom. The molecule has 5 nitrogen and oxygen atoms in total. The number of amides is 2. The average molecular weight is 399 g/mol. The van der Waals surface area contributed by atoms with Gasteiger partial charge in [0.1, 0.15) is 17.4 Å². The fourth-order valence-electron chi connectivity index (χ4n) is 1.73. The molecule has 0 spiro atoms. The molecule has 2 aromatic rings. The zero-order valence-electron chi connectivity index (χ0n) is 12.5. The van der Waals surface area contributed by atoms with Gasteiger partial charge in [0.05, 0.1) is 5.56 Å². The van der Waals surface area contributed by atoms with Gasteiger partial charge >= 0.3 is 0 Å². The van der Waals surface area contributed by atoms with E-state index < -0.39 is 29.6 Å². The van der Waals surface area contributed by atoms with E-state index in [2.05, 4.69) is 26.8 Å². The van der Waals surface area contributed by atoms with E-state index in [9.17, 15) is 18.4 Å². The van der Waals surface area contributed by atoms with E-state index in [0.717, 1.165) is 6.07 Å². The van der Waals surface area contributed by atoms with Crippen LogP contribution in [0.4, 0.5) is 8.78 Å². The number of carbonyl (C=O) groups is 2. The van der Waals surface area contributed by atoms with Crippen molar-refractivity contribution < 1.29 is 23.1 Å². The minimum absolute atomic E-state index is 0.225. The maximum atomic E-state index is 13.6. The molecule has 0 bridgehead atoms. The van der Waals surface area contributed by atoms with Crippen molar-refractivity contribution >= 4 is 27.7 Å². The van der Waals surface area contributed by atoms with Crippen LogP contribution in [0.3, 0.4) is 0 Å². The third-order valence-corrected chi connectivity index (χ3v) is 3.46. The first kappa shape index (κ1) is 17.9. The first-order valence-electron chi connectivity index (χ1n) is 6.84. The van der Waals surface area contributed by atoms with Gasteiger partial charge < -0.3 is 4.74 Å². The van der Waals surface area contributed by atoms with Crippen molar-refractivity contribution in [1.82, 2.24) is 10.9 Å². The number of rotatable bonds is 4. The molecular formula is C16H13BrF2N2O3. The van der Waals surface area contributed by atoms with Gasteiger partial charge in [-0.25, -0.2) is 8.78 Å². The van der Waals surface area contributed by atoms with Crippen LogP contribution < -0.4 is 15.6 Å². The first-order valence-corrected chi connectivity index (χ1v) is 7.63.